The van der Waals surface area contributed by atoms with Gasteiger partial charge < -0.3 is 4.52 Å². The third kappa shape index (κ3) is 2.17. The van der Waals surface area contributed by atoms with Gasteiger partial charge in [-0.3, -0.25) is 4.79 Å². The fraction of sp³-hybridized carbons (Fsp3) is 0.286. The maximum Gasteiger partial charge on any atom is 0.165 e. The zero-order chi connectivity index (χ0) is 13.6. The molecule has 1 aliphatic carbocycles. The Bertz CT molecular complexity index is 639. The topological polar surface area (TPSA) is 43.1 Å². The summed E-state index contributed by atoms with van der Waals surface area (Å²) in [6, 6.07) is 5.19. The van der Waals surface area contributed by atoms with Crippen LogP contribution in [0.1, 0.15) is 41.8 Å². The average Bonchev–Trinajstić information content (AvgIpc) is 3.09. The molecule has 0 aliphatic heterocycles. The largest absolute Gasteiger partial charge is 0.360 e. The number of Topliss-reactive ketones (excluding diaryl/α,β-unsaturated/α-hetero) is 1. The SMILES string of the molecule is CC(=O)c1c(-c2c(Cl)cccc2Cl)noc1C1CC1. The molecular formula is C14H11Cl2NO2. The Morgan fingerprint density at radius 2 is 1.95 bits per heavy atom. The molecule has 0 atom stereocenters. The third-order valence-electron chi connectivity index (χ3n) is 3.22. The van der Waals surface area contributed by atoms with Gasteiger partial charge >= 0.3 is 0 Å². The standard InChI is InChI=1S/C14H11Cl2NO2/c1-7(18)11-13(17-19-14(11)8-5-6-8)12-9(15)3-2-4-10(12)16/h2-4,8H,5-6H2,1H3. The number of carbonyl (C=O) groups is 1. The van der Waals surface area contributed by atoms with Gasteiger partial charge in [0.1, 0.15) is 5.69 Å². The van der Waals surface area contributed by atoms with Crippen LogP contribution in [-0.2, 0) is 0 Å². The monoisotopic (exact) mass is 295 g/mol. The summed E-state index contributed by atoms with van der Waals surface area (Å²) in [6.07, 6.45) is 2.07. The Balaban J connectivity index is 2.23. The lowest BCUT2D eigenvalue weighted by molar-refractivity contribution is 0.101. The second-order valence-corrected chi connectivity index (χ2v) is 5.51. The van der Waals surface area contributed by atoms with E-state index >= 15 is 0 Å². The molecule has 2 aromatic rings. The Labute approximate surface area is 120 Å². The highest BCUT2D eigenvalue weighted by molar-refractivity contribution is 6.39. The van der Waals surface area contributed by atoms with Crippen molar-refractivity contribution in [3.63, 3.8) is 0 Å². The fourth-order valence-corrected chi connectivity index (χ4v) is 2.74. The maximum atomic E-state index is 11.9. The Kier molecular flexibility index (Phi) is 3.11. The van der Waals surface area contributed by atoms with Crippen LogP contribution in [0.25, 0.3) is 11.3 Å². The Hall–Kier alpha value is -1.32. The van der Waals surface area contributed by atoms with Gasteiger partial charge in [-0.2, -0.15) is 0 Å². The first-order valence-electron chi connectivity index (χ1n) is 6.04. The highest BCUT2D eigenvalue weighted by Gasteiger charge is 2.34. The third-order valence-corrected chi connectivity index (χ3v) is 3.85. The van der Waals surface area contributed by atoms with Crippen molar-refractivity contribution in [2.24, 2.45) is 0 Å². The molecule has 0 amide bonds. The van der Waals surface area contributed by atoms with Crippen LogP contribution in [0.5, 0.6) is 0 Å². The number of nitrogens with zero attached hydrogens (tertiary/aromatic N) is 1. The van der Waals surface area contributed by atoms with Gasteiger partial charge in [0.05, 0.1) is 15.6 Å². The van der Waals surface area contributed by atoms with Gasteiger partial charge in [0.25, 0.3) is 0 Å². The van der Waals surface area contributed by atoms with Crippen LogP contribution >= 0.6 is 23.2 Å². The van der Waals surface area contributed by atoms with Crippen LogP contribution in [0.15, 0.2) is 22.7 Å². The lowest BCUT2D eigenvalue weighted by atomic mass is 10.0. The highest BCUT2D eigenvalue weighted by Crippen LogP contribution is 2.45. The highest BCUT2D eigenvalue weighted by atomic mass is 35.5. The molecule has 1 saturated carbocycles. The van der Waals surface area contributed by atoms with E-state index < -0.39 is 0 Å². The van der Waals surface area contributed by atoms with E-state index in [0.29, 0.717) is 38.5 Å². The van der Waals surface area contributed by atoms with Crippen molar-refractivity contribution >= 4 is 29.0 Å². The van der Waals surface area contributed by atoms with E-state index in [0.717, 1.165) is 12.8 Å². The number of hydrogen-bond donors (Lipinski definition) is 0. The summed E-state index contributed by atoms with van der Waals surface area (Å²) >= 11 is 12.3. The number of halogens is 2. The van der Waals surface area contributed by atoms with Crippen LogP contribution < -0.4 is 0 Å². The first kappa shape index (κ1) is 12.7. The molecule has 1 aromatic heterocycles. The van der Waals surface area contributed by atoms with E-state index in [1.54, 1.807) is 18.2 Å². The zero-order valence-corrected chi connectivity index (χ0v) is 11.8. The van der Waals surface area contributed by atoms with Gasteiger partial charge in [-0.25, -0.2) is 0 Å². The van der Waals surface area contributed by atoms with E-state index in [-0.39, 0.29) is 5.78 Å². The van der Waals surface area contributed by atoms with Crippen molar-refractivity contribution in [3.05, 3.63) is 39.6 Å². The van der Waals surface area contributed by atoms with Crippen LogP contribution in [0.4, 0.5) is 0 Å². The summed E-state index contributed by atoms with van der Waals surface area (Å²) in [7, 11) is 0. The Morgan fingerprint density at radius 1 is 1.32 bits per heavy atom. The quantitative estimate of drug-likeness (QED) is 0.769. The maximum absolute atomic E-state index is 11.9. The first-order chi connectivity index (χ1) is 9.09. The smallest absolute Gasteiger partial charge is 0.165 e. The number of rotatable bonds is 3. The van der Waals surface area contributed by atoms with Gasteiger partial charge in [-0.05, 0) is 31.9 Å². The van der Waals surface area contributed by atoms with E-state index in [2.05, 4.69) is 5.16 Å². The lowest BCUT2D eigenvalue weighted by Crippen LogP contribution is -1.98. The number of hydrogen-bond acceptors (Lipinski definition) is 3. The molecule has 0 bridgehead atoms. The van der Waals surface area contributed by atoms with Crippen molar-refractivity contribution in [2.45, 2.75) is 25.7 Å². The van der Waals surface area contributed by atoms with Gasteiger partial charge in [0.15, 0.2) is 11.5 Å². The second kappa shape index (κ2) is 4.66. The summed E-state index contributed by atoms with van der Waals surface area (Å²) in [5.41, 5.74) is 1.52. The van der Waals surface area contributed by atoms with E-state index in [9.17, 15) is 4.79 Å². The summed E-state index contributed by atoms with van der Waals surface area (Å²) in [5.74, 6) is 0.897. The molecule has 0 unspecified atom stereocenters. The summed E-state index contributed by atoms with van der Waals surface area (Å²) < 4.78 is 5.36. The molecule has 1 heterocycles. The minimum absolute atomic E-state index is 0.0749. The summed E-state index contributed by atoms with van der Waals surface area (Å²) in [4.78, 5) is 11.9. The van der Waals surface area contributed by atoms with Crippen LogP contribution in [0, 0.1) is 0 Å². The number of benzene rings is 1. The molecule has 0 radical (unpaired) electrons. The number of aromatic nitrogens is 1. The average molecular weight is 296 g/mol. The molecule has 0 saturated heterocycles. The molecule has 1 fully saturated rings. The van der Waals surface area contributed by atoms with E-state index in [4.69, 9.17) is 27.7 Å². The minimum atomic E-state index is -0.0749. The van der Waals surface area contributed by atoms with E-state index in [1.165, 1.54) is 6.92 Å². The zero-order valence-electron chi connectivity index (χ0n) is 10.2. The van der Waals surface area contributed by atoms with Crippen molar-refractivity contribution < 1.29 is 9.32 Å². The molecule has 19 heavy (non-hydrogen) atoms. The predicted molar refractivity (Wildman–Crippen MR) is 73.9 cm³/mol. The van der Waals surface area contributed by atoms with Crippen molar-refractivity contribution in [1.29, 1.82) is 0 Å². The van der Waals surface area contributed by atoms with Gasteiger partial charge in [0.2, 0.25) is 0 Å². The van der Waals surface area contributed by atoms with Gasteiger partial charge in [-0.1, -0.05) is 34.4 Å². The Morgan fingerprint density at radius 3 is 2.47 bits per heavy atom. The second-order valence-electron chi connectivity index (χ2n) is 4.70. The van der Waals surface area contributed by atoms with Crippen molar-refractivity contribution in [2.75, 3.05) is 0 Å². The molecular weight excluding hydrogens is 285 g/mol. The van der Waals surface area contributed by atoms with Crippen LogP contribution in [0.2, 0.25) is 10.0 Å². The van der Waals surface area contributed by atoms with Crippen molar-refractivity contribution in [3.8, 4) is 11.3 Å². The normalized spacial score (nSPS) is 14.7. The van der Waals surface area contributed by atoms with Gasteiger partial charge in [0, 0.05) is 11.5 Å². The number of carbonyl (C=O) groups excluding carboxylic acids is 1. The molecule has 1 aliphatic rings. The molecule has 0 spiro atoms. The first-order valence-corrected chi connectivity index (χ1v) is 6.80. The molecule has 3 rings (SSSR count). The molecule has 3 nitrogen and oxygen atoms in total. The number of ketones is 1. The lowest BCUT2D eigenvalue weighted by Gasteiger charge is -2.04. The summed E-state index contributed by atoms with van der Waals surface area (Å²) in [6.45, 7) is 1.51. The minimum Gasteiger partial charge on any atom is -0.360 e. The van der Waals surface area contributed by atoms with E-state index in [1.807, 2.05) is 0 Å². The molecule has 1 aromatic carbocycles. The molecule has 5 heteroatoms. The molecule has 98 valence electrons. The van der Waals surface area contributed by atoms with Crippen LogP contribution in [-0.4, -0.2) is 10.9 Å². The molecule has 0 N–H and O–H groups in total. The van der Waals surface area contributed by atoms with Crippen molar-refractivity contribution in [1.82, 2.24) is 5.16 Å². The summed E-state index contributed by atoms with van der Waals surface area (Å²) in [5, 5.41) is 4.95. The fourth-order valence-electron chi connectivity index (χ4n) is 2.16. The predicted octanol–water partition coefficient (Wildman–Crippen LogP) is 4.73. The van der Waals surface area contributed by atoms with Crippen LogP contribution in [0.3, 0.4) is 0 Å². The van der Waals surface area contributed by atoms with Gasteiger partial charge in [-0.15, -0.1) is 0 Å².